The van der Waals surface area contributed by atoms with Crippen molar-refractivity contribution in [2.45, 2.75) is 20.3 Å². The standard InChI is InChI=1S/C21H24N2O4/c1-14-6-4-7-17(15(14)2)22-20(24)13-23(3)21(25)16-8-9-18-19(12-16)27-11-5-10-26-18/h4,6-9,12H,5,10-11,13H2,1-3H3,(H,22,24). The Morgan fingerprint density at radius 1 is 1.07 bits per heavy atom. The average Bonchev–Trinajstić information content (AvgIpc) is 2.89. The van der Waals surface area contributed by atoms with Crippen LogP contribution in [0.5, 0.6) is 11.5 Å². The zero-order valence-corrected chi connectivity index (χ0v) is 15.9. The number of nitrogens with zero attached hydrogens (tertiary/aromatic N) is 1. The SMILES string of the molecule is Cc1cccc(NC(=O)CN(C)C(=O)c2ccc3c(c2)OCCCO3)c1C. The minimum atomic E-state index is -0.248. The summed E-state index contributed by atoms with van der Waals surface area (Å²) in [5, 5.41) is 2.87. The van der Waals surface area contributed by atoms with Crippen molar-refractivity contribution in [3.63, 3.8) is 0 Å². The fourth-order valence-corrected chi connectivity index (χ4v) is 2.88. The van der Waals surface area contributed by atoms with Gasteiger partial charge < -0.3 is 19.7 Å². The van der Waals surface area contributed by atoms with Crippen molar-refractivity contribution >= 4 is 17.5 Å². The third-order valence-corrected chi connectivity index (χ3v) is 4.60. The second-order valence-electron chi connectivity index (χ2n) is 6.67. The minimum absolute atomic E-state index is 0.0410. The molecule has 0 aromatic heterocycles. The van der Waals surface area contributed by atoms with Crippen molar-refractivity contribution in [2.75, 3.05) is 32.1 Å². The Labute approximate surface area is 159 Å². The first-order valence-electron chi connectivity index (χ1n) is 8.97. The molecule has 3 rings (SSSR count). The number of anilines is 1. The second-order valence-corrected chi connectivity index (χ2v) is 6.67. The van der Waals surface area contributed by atoms with E-state index in [-0.39, 0.29) is 18.4 Å². The first-order chi connectivity index (χ1) is 13.0. The minimum Gasteiger partial charge on any atom is -0.490 e. The van der Waals surface area contributed by atoms with Gasteiger partial charge in [0.2, 0.25) is 5.91 Å². The summed E-state index contributed by atoms with van der Waals surface area (Å²) in [6, 6.07) is 10.8. The number of nitrogens with one attached hydrogen (secondary N) is 1. The fraction of sp³-hybridized carbons (Fsp3) is 0.333. The number of carbonyl (C=O) groups is 2. The van der Waals surface area contributed by atoms with Crippen LogP contribution in [0, 0.1) is 13.8 Å². The highest BCUT2D eigenvalue weighted by Crippen LogP contribution is 2.30. The van der Waals surface area contributed by atoms with Crippen molar-refractivity contribution < 1.29 is 19.1 Å². The molecule has 0 spiro atoms. The Morgan fingerprint density at radius 3 is 2.59 bits per heavy atom. The lowest BCUT2D eigenvalue weighted by molar-refractivity contribution is -0.116. The molecule has 0 saturated carbocycles. The van der Waals surface area contributed by atoms with Gasteiger partial charge in [-0.15, -0.1) is 0 Å². The highest BCUT2D eigenvalue weighted by atomic mass is 16.5. The lowest BCUT2D eigenvalue weighted by atomic mass is 10.1. The molecule has 1 heterocycles. The molecule has 0 atom stereocenters. The van der Waals surface area contributed by atoms with Crippen LogP contribution < -0.4 is 14.8 Å². The van der Waals surface area contributed by atoms with Gasteiger partial charge in [0.05, 0.1) is 19.8 Å². The van der Waals surface area contributed by atoms with Gasteiger partial charge in [-0.2, -0.15) is 0 Å². The molecule has 1 aliphatic rings. The van der Waals surface area contributed by atoms with E-state index in [1.165, 1.54) is 4.90 Å². The van der Waals surface area contributed by atoms with Gasteiger partial charge in [0.1, 0.15) is 0 Å². The number of benzene rings is 2. The van der Waals surface area contributed by atoms with E-state index in [9.17, 15) is 9.59 Å². The Hall–Kier alpha value is -3.02. The van der Waals surface area contributed by atoms with E-state index in [1.54, 1.807) is 25.2 Å². The predicted octanol–water partition coefficient (Wildman–Crippen LogP) is 3.18. The van der Waals surface area contributed by atoms with E-state index in [0.29, 0.717) is 30.3 Å². The topological polar surface area (TPSA) is 67.9 Å². The van der Waals surface area contributed by atoms with E-state index in [1.807, 2.05) is 32.0 Å². The Kier molecular flexibility index (Phi) is 5.64. The third kappa shape index (κ3) is 4.39. The number of rotatable bonds is 4. The van der Waals surface area contributed by atoms with E-state index in [0.717, 1.165) is 23.2 Å². The van der Waals surface area contributed by atoms with Crippen molar-refractivity contribution in [2.24, 2.45) is 0 Å². The number of fused-ring (bicyclic) bond motifs is 1. The van der Waals surface area contributed by atoms with Crippen molar-refractivity contribution in [1.82, 2.24) is 4.90 Å². The predicted molar refractivity (Wildman–Crippen MR) is 104 cm³/mol. The molecule has 0 bridgehead atoms. The molecular weight excluding hydrogens is 344 g/mol. The molecule has 2 amide bonds. The average molecular weight is 368 g/mol. The van der Waals surface area contributed by atoms with Crippen LogP contribution in [0.3, 0.4) is 0 Å². The van der Waals surface area contributed by atoms with Gasteiger partial charge in [-0.3, -0.25) is 9.59 Å². The maximum absolute atomic E-state index is 12.7. The van der Waals surface area contributed by atoms with Crippen LogP contribution in [0.25, 0.3) is 0 Å². The number of likely N-dealkylation sites (N-methyl/N-ethyl adjacent to an activating group) is 1. The van der Waals surface area contributed by atoms with Crippen LogP contribution in [-0.2, 0) is 4.79 Å². The first kappa shape index (κ1) is 18.8. The number of ether oxygens (including phenoxy) is 2. The molecule has 0 fully saturated rings. The molecule has 0 unspecified atom stereocenters. The summed E-state index contributed by atoms with van der Waals surface area (Å²) in [6.45, 7) is 5.06. The number of hydrogen-bond acceptors (Lipinski definition) is 4. The molecule has 6 nitrogen and oxygen atoms in total. The number of amides is 2. The van der Waals surface area contributed by atoms with Gasteiger partial charge in [0.25, 0.3) is 5.91 Å². The van der Waals surface area contributed by atoms with Crippen molar-refractivity contribution in [3.05, 3.63) is 53.1 Å². The van der Waals surface area contributed by atoms with Crippen molar-refractivity contribution in [1.29, 1.82) is 0 Å². The first-order valence-corrected chi connectivity index (χ1v) is 8.97. The maximum atomic E-state index is 12.7. The maximum Gasteiger partial charge on any atom is 0.254 e. The zero-order valence-electron chi connectivity index (χ0n) is 15.9. The van der Waals surface area contributed by atoms with E-state index >= 15 is 0 Å². The van der Waals surface area contributed by atoms with Gasteiger partial charge in [-0.25, -0.2) is 0 Å². The largest absolute Gasteiger partial charge is 0.490 e. The number of aryl methyl sites for hydroxylation is 1. The van der Waals surface area contributed by atoms with Gasteiger partial charge >= 0.3 is 0 Å². The van der Waals surface area contributed by atoms with Gasteiger partial charge in [-0.1, -0.05) is 12.1 Å². The second kappa shape index (κ2) is 8.12. The van der Waals surface area contributed by atoms with Crippen LogP contribution in [-0.4, -0.2) is 43.5 Å². The normalized spacial score (nSPS) is 12.9. The molecule has 1 aliphatic heterocycles. The molecule has 0 radical (unpaired) electrons. The summed E-state index contributed by atoms with van der Waals surface area (Å²) < 4.78 is 11.2. The Balaban J connectivity index is 1.66. The Bertz CT molecular complexity index is 863. The third-order valence-electron chi connectivity index (χ3n) is 4.60. The molecule has 0 aliphatic carbocycles. The lowest BCUT2D eigenvalue weighted by Crippen LogP contribution is -2.35. The van der Waals surface area contributed by atoms with Crippen LogP contribution >= 0.6 is 0 Å². The molecule has 6 heteroatoms. The molecule has 2 aromatic carbocycles. The van der Waals surface area contributed by atoms with E-state index in [4.69, 9.17) is 9.47 Å². The summed E-state index contributed by atoms with van der Waals surface area (Å²) in [7, 11) is 1.61. The summed E-state index contributed by atoms with van der Waals surface area (Å²) >= 11 is 0. The molecular formula is C21H24N2O4. The zero-order chi connectivity index (χ0) is 19.4. The summed E-state index contributed by atoms with van der Waals surface area (Å²) in [6.07, 6.45) is 0.802. The molecule has 0 saturated heterocycles. The fourth-order valence-electron chi connectivity index (χ4n) is 2.88. The highest BCUT2D eigenvalue weighted by molar-refractivity contribution is 5.99. The molecule has 2 aromatic rings. The molecule has 142 valence electrons. The van der Waals surface area contributed by atoms with Gasteiger partial charge in [0, 0.05) is 24.7 Å². The smallest absolute Gasteiger partial charge is 0.254 e. The quantitative estimate of drug-likeness (QED) is 0.900. The van der Waals surface area contributed by atoms with E-state index < -0.39 is 0 Å². The van der Waals surface area contributed by atoms with Crippen LogP contribution in [0.1, 0.15) is 27.9 Å². The highest BCUT2D eigenvalue weighted by Gasteiger charge is 2.19. The van der Waals surface area contributed by atoms with Gasteiger partial charge in [-0.05, 0) is 49.2 Å². The summed E-state index contributed by atoms with van der Waals surface area (Å²) in [4.78, 5) is 26.4. The summed E-state index contributed by atoms with van der Waals surface area (Å²) in [5.41, 5.74) is 3.34. The van der Waals surface area contributed by atoms with E-state index in [2.05, 4.69) is 5.32 Å². The Morgan fingerprint density at radius 2 is 1.81 bits per heavy atom. The lowest BCUT2D eigenvalue weighted by Gasteiger charge is -2.18. The van der Waals surface area contributed by atoms with Gasteiger partial charge in [0.15, 0.2) is 11.5 Å². The monoisotopic (exact) mass is 368 g/mol. The van der Waals surface area contributed by atoms with Crippen molar-refractivity contribution in [3.8, 4) is 11.5 Å². The molecule has 27 heavy (non-hydrogen) atoms. The van der Waals surface area contributed by atoms with Crippen LogP contribution in [0.4, 0.5) is 5.69 Å². The van der Waals surface area contributed by atoms with Crippen LogP contribution in [0.15, 0.2) is 36.4 Å². The number of carbonyl (C=O) groups excluding carboxylic acids is 2. The molecule has 1 N–H and O–H groups in total. The number of hydrogen-bond donors (Lipinski definition) is 1. The van der Waals surface area contributed by atoms with Crippen LogP contribution in [0.2, 0.25) is 0 Å². The summed E-state index contributed by atoms with van der Waals surface area (Å²) in [5.74, 6) is 0.710.